The number of carboxylic acids is 1. The van der Waals surface area contributed by atoms with Gasteiger partial charge in [0.05, 0.1) is 7.11 Å². The van der Waals surface area contributed by atoms with Gasteiger partial charge in [-0.15, -0.1) is 0 Å². The molecule has 0 bridgehead atoms. The third-order valence-corrected chi connectivity index (χ3v) is 5.80. The highest BCUT2D eigenvalue weighted by Gasteiger charge is 2.10. The second-order valence-corrected chi connectivity index (χ2v) is 7.84. The Morgan fingerprint density at radius 1 is 0.938 bits per heavy atom. The minimum Gasteiger partial charge on any atom is -0.497 e. The molecule has 0 spiro atoms. The van der Waals surface area contributed by atoms with Gasteiger partial charge in [0.15, 0.2) is 0 Å². The average molecular weight is 422 g/mol. The summed E-state index contributed by atoms with van der Waals surface area (Å²) in [5, 5.41) is 12.2. The number of nitrogens with zero attached hydrogens (tertiary/aromatic N) is 1. The van der Waals surface area contributed by atoms with Crippen molar-refractivity contribution in [2.24, 2.45) is 0 Å². The lowest BCUT2D eigenvalue weighted by atomic mass is 9.99. The van der Waals surface area contributed by atoms with Crippen molar-refractivity contribution in [3.05, 3.63) is 84.7 Å². The molecule has 2 N–H and O–H groups in total. The van der Waals surface area contributed by atoms with Crippen LogP contribution in [0.5, 0.6) is 5.75 Å². The van der Waals surface area contributed by atoms with Crippen molar-refractivity contribution in [3.63, 3.8) is 0 Å². The first kappa shape index (κ1) is 19.8. The van der Waals surface area contributed by atoms with E-state index in [0.717, 1.165) is 55.4 Å². The fraction of sp³-hybridized carbons (Fsp3) is 0.111. The van der Waals surface area contributed by atoms with Gasteiger partial charge in [0.1, 0.15) is 11.4 Å². The number of aliphatic carboxylic acids is 1. The Kier molecular flexibility index (Phi) is 5.07. The van der Waals surface area contributed by atoms with Crippen LogP contribution in [0.3, 0.4) is 0 Å². The van der Waals surface area contributed by atoms with Crippen molar-refractivity contribution in [2.45, 2.75) is 12.8 Å². The van der Waals surface area contributed by atoms with Crippen LogP contribution in [0, 0.1) is 0 Å². The Morgan fingerprint density at radius 3 is 2.47 bits per heavy atom. The summed E-state index contributed by atoms with van der Waals surface area (Å²) in [5.41, 5.74) is 6.15. The number of nitrogens with one attached hydrogen (secondary N) is 1. The topological polar surface area (TPSA) is 75.2 Å². The second kappa shape index (κ2) is 8.19. The minimum absolute atomic E-state index is 0.137. The smallest absolute Gasteiger partial charge is 0.303 e. The molecular formula is C27H22N2O3. The van der Waals surface area contributed by atoms with Crippen molar-refractivity contribution < 1.29 is 14.6 Å². The van der Waals surface area contributed by atoms with E-state index in [1.54, 1.807) is 7.11 Å². The number of hydrogen-bond donors (Lipinski definition) is 2. The van der Waals surface area contributed by atoms with Gasteiger partial charge < -0.3 is 14.8 Å². The summed E-state index contributed by atoms with van der Waals surface area (Å²) in [5.74, 6) is 0.0661. The minimum atomic E-state index is -0.780. The fourth-order valence-electron chi connectivity index (χ4n) is 4.03. The fourth-order valence-corrected chi connectivity index (χ4v) is 4.03. The van der Waals surface area contributed by atoms with Gasteiger partial charge in [0.2, 0.25) is 0 Å². The molecule has 5 heteroatoms. The number of carboxylic acid groups (broad SMARTS) is 1. The van der Waals surface area contributed by atoms with E-state index in [1.807, 2.05) is 48.8 Å². The zero-order valence-electron chi connectivity index (χ0n) is 17.6. The van der Waals surface area contributed by atoms with Crippen LogP contribution in [0.2, 0.25) is 0 Å². The molecule has 0 atom stereocenters. The molecule has 5 nitrogen and oxygen atoms in total. The normalized spacial score (nSPS) is 11.2. The first-order chi connectivity index (χ1) is 15.6. The number of aromatic nitrogens is 2. The van der Waals surface area contributed by atoms with Gasteiger partial charge in [0.25, 0.3) is 0 Å². The number of methoxy groups -OCH3 is 1. The van der Waals surface area contributed by atoms with E-state index in [9.17, 15) is 4.79 Å². The maximum Gasteiger partial charge on any atom is 0.303 e. The predicted octanol–water partition coefficient (Wildman–Crippen LogP) is 6.08. The number of H-pyrrole nitrogens is 1. The van der Waals surface area contributed by atoms with E-state index in [4.69, 9.17) is 9.84 Å². The monoisotopic (exact) mass is 422 g/mol. The first-order valence-electron chi connectivity index (χ1n) is 10.5. The van der Waals surface area contributed by atoms with E-state index in [2.05, 4.69) is 40.3 Å². The summed E-state index contributed by atoms with van der Waals surface area (Å²) in [6, 6.07) is 22.7. The van der Waals surface area contributed by atoms with Crippen LogP contribution >= 0.6 is 0 Å². The number of carbonyl (C=O) groups is 1. The van der Waals surface area contributed by atoms with Gasteiger partial charge in [-0.1, -0.05) is 42.5 Å². The highest BCUT2D eigenvalue weighted by atomic mass is 16.5. The Labute approximate surface area is 185 Å². The molecule has 5 aromatic rings. The zero-order chi connectivity index (χ0) is 22.1. The molecule has 5 rings (SSSR count). The Bertz CT molecular complexity index is 1440. The number of rotatable bonds is 6. The molecule has 0 aliphatic rings. The van der Waals surface area contributed by atoms with Gasteiger partial charge in [-0.2, -0.15) is 0 Å². The standard InChI is InChI=1S/C27H22N2O3/c1-32-23-10-9-19-12-20(7-8-21(19)13-23)22-14-24-25(16-29-27(24)28-15-22)18-5-2-17(3-6-18)4-11-26(30)31/h2-3,5-10,12-16H,4,11H2,1H3,(H,28,29)(H,30,31). The van der Waals surface area contributed by atoms with Crippen molar-refractivity contribution in [2.75, 3.05) is 7.11 Å². The molecule has 158 valence electrons. The summed E-state index contributed by atoms with van der Waals surface area (Å²) < 4.78 is 5.32. The third kappa shape index (κ3) is 3.81. The molecule has 0 fully saturated rings. The number of benzene rings is 3. The van der Waals surface area contributed by atoms with Crippen LogP contribution in [-0.2, 0) is 11.2 Å². The lowest BCUT2D eigenvalue weighted by Gasteiger charge is -2.07. The molecular weight excluding hydrogens is 400 g/mol. The maximum absolute atomic E-state index is 10.8. The van der Waals surface area contributed by atoms with Gasteiger partial charge in [-0.05, 0) is 58.1 Å². The lowest BCUT2D eigenvalue weighted by Crippen LogP contribution is -1.97. The summed E-state index contributed by atoms with van der Waals surface area (Å²) in [6.07, 6.45) is 4.53. The predicted molar refractivity (Wildman–Crippen MR) is 127 cm³/mol. The third-order valence-electron chi connectivity index (χ3n) is 5.80. The molecule has 0 amide bonds. The highest BCUT2D eigenvalue weighted by Crippen LogP contribution is 2.32. The Hall–Kier alpha value is -4.12. The molecule has 0 aliphatic carbocycles. The van der Waals surface area contributed by atoms with Gasteiger partial charge >= 0.3 is 5.97 Å². The molecule has 0 saturated carbocycles. The molecule has 0 unspecified atom stereocenters. The Balaban J connectivity index is 1.50. The Morgan fingerprint density at radius 2 is 1.69 bits per heavy atom. The molecule has 0 aliphatic heterocycles. The maximum atomic E-state index is 10.8. The van der Waals surface area contributed by atoms with E-state index in [1.165, 1.54) is 0 Å². The highest BCUT2D eigenvalue weighted by molar-refractivity contribution is 5.96. The molecule has 2 aromatic heterocycles. The van der Waals surface area contributed by atoms with Crippen LogP contribution < -0.4 is 4.74 Å². The average Bonchev–Trinajstić information content (AvgIpc) is 3.25. The second-order valence-electron chi connectivity index (χ2n) is 7.84. The van der Waals surface area contributed by atoms with Crippen LogP contribution in [-0.4, -0.2) is 28.2 Å². The van der Waals surface area contributed by atoms with E-state index in [-0.39, 0.29) is 6.42 Å². The van der Waals surface area contributed by atoms with Crippen molar-refractivity contribution in [1.82, 2.24) is 9.97 Å². The number of hydrogen-bond acceptors (Lipinski definition) is 3. The summed E-state index contributed by atoms with van der Waals surface area (Å²) >= 11 is 0. The van der Waals surface area contributed by atoms with E-state index >= 15 is 0 Å². The van der Waals surface area contributed by atoms with Gasteiger partial charge in [-0.3, -0.25) is 4.79 Å². The van der Waals surface area contributed by atoms with E-state index in [0.29, 0.717) is 6.42 Å². The summed E-state index contributed by atoms with van der Waals surface area (Å²) in [4.78, 5) is 18.7. The van der Waals surface area contributed by atoms with Crippen molar-refractivity contribution in [1.29, 1.82) is 0 Å². The molecule has 0 saturated heterocycles. The molecule has 32 heavy (non-hydrogen) atoms. The van der Waals surface area contributed by atoms with Gasteiger partial charge in [-0.25, -0.2) is 4.98 Å². The van der Waals surface area contributed by atoms with Crippen LogP contribution in [0.25, 0.3) is 44.1 Å². The number of pyridine rings is 1. The van der Waals surface area contributed by atoms with E-state index < -0.39 is 5.97 Å². The molecule has 2 heterocycles. The lowest BCUT2D eigenvalue weighted by molar-refractivity contribution is -0.136. The molecule has 3 aromatic carbocycles. The number of aryl methyl sites for hydroxylation is 1. The van der Waals surface area contributed by atoms with Gasteiger partial charge in [0, 0.05) is 35.3 Å². The zero-order valence-corrected chi connectivity index (χ0v) is 17.6. The van der Waals surface area contributed by atoms with Crippen LogP contribution in [0.4, 0.5) is 0 Å². The van der Waals surface area contributed by atoms with Crippen molar-refractivity contribution >= 4 is 27.8 Å². The SMILES string of the molecule is COc1ccc2cc(-c3cnc4[nH]cc(-c5ccc(CCC(=O)O)cc5)c4c3)ccc2c1. The first-order valence-corrected chi connectivity index (χ1v) is 10.5. The van der Waals surface area contributed by atoms with Crippen molar-refractivity contribution in [3.8, 4) is 28.0 Å². The summed E-state index contributed by atoms with van der Waals surface area (Å²) in [7, 11) is 1.68. The quantitative estimate of drug-likeness (QED) is 0.348. The van der Waals surface area contributed by atoms with Crippen LogP contribution in [0.1, 0.15) is 12.0 Å². The largest absolute Gasteiger partial charge is 0.497 e. The summed E-state index contributed by atoms with van der Waals surface area (Å²) in [6.45, 7) is 0. The number of aromatic amines is 1. The molecule has 0 radical (unpaired) electrons. The number of fused-ring (bicyclic) bond motifs is 2. The van der Waals surface area contributed by atoms with Crippen LogP contribution in [0.15, 0.2) is 79.1 Å². The number of ether oxygens (including phenoxy) is 1.